The number of hydrogen-bond acceptors (Lipinski definition) is 4. The molecule has 1 fully saturated rings. The maximum Gasteiger partial charge on any atom is 0.417 e. The monoisotopic (exact) mass is 363 g/mol. The van der Waals surface area contributed by atoms with Crippen LogP contribution in [0.1, 0.15) is 36.3 Å². The number of nitrogens with zero attached hydrogens (tertiary/aromatic N) is 3. The molecule has 26 heavy (non-hydrogen) atoms. The van der Waals surface area contributed by atoms with Gasteiger partial charge in [0.25, 0.3) is 5.91 Å². The summed E-state index contributed by atoms with van der Waals surface area (Å²) < 4.78 is 37.7. The van der Waals surface area contributed by atoms with Crippen molar-refractivity contribution in [1.82, 2.24) is 9.88 Å². The van der Waals surface area contributed by atoms with Gasteiger partial charge in [0.1, 0.15) is 11.8 Å². The summed E-state index contributed by atoms with van der Waals surface area (Å²) in [6.45, 7) is 4.14. The van der Waals surface area contributed by atoms with Crippen molar-refractivity contribution >= 4 is 11.7 Å². The lowest BCUT2D eigenvalue weighted by molar-refractivity contribution is -0.137. The number of ketones is 1. The number of pyridine rings is 1. The zero-order chi connectivity index (χ0) is 19.3. The quantitative estimate of drug-likeness (QED) is 0.769. The second kappa shape index (κ2) is 5.66. The van der Waals surface area contributed by atoms with Crippen molar-refractivity contribution in [3.05, 3.63) is 41.2 Å². The number of amides is 1. The Kier molecular flexibility index (Phi) is 3.94. The van der Waals surface area contributed by atoms with E-state index in [0.717, 1.165) is 12.1 Å². The molecule has 2 aliphatic rings. The van der Waals surface area contributed by atoms with Gasteiger partial charge in [0.05, 0.1) is 11.1 Å². The van der Waals surface area contributed by atoms with Gasteiger partial charge in [-0.2, -0.15) is 18.4 Å². The Morgan fingerprint density at radius 2 is 1.96 bits per heavy atom. The van der Waals surface area contributed by atoms with Crippen LogP contribution in [-0.2, 0) is 11.0 Å². The fraction of sp³-hybridized carbons (Fsp3) is 0.444. The zero-order valence-corrected chi connectivity index (χ0v) is 14.2. The van der Waals surface area contributed by atoms with Crippen LogP contribution in [0.2, 0.25) is 0 Å². The van der Waals surface area contributed by atoms with Gasteiger partial charge in [-0.3, -0.25) is 14.6 Å². The van der Waals surface area contributed by atoms with E-state index in [2.05, 4.69) is 4.98 Å². The number of nitriles is 1. The smallest absolute Gasteiger partial charge is 0.335 e. The highest BCUT2D eigenvalue weighted by Gasteiger charge is 2.52. The molecule has 2 heterocycles. The summed E-state index contributed by atoms with van der Waals surface area (Å²) >= 11 is 0. The summed E-state index contributed by atoms with van der Waals surface area (Å²) in [6.07, 6.45) is -1.73. The summed E-state index contributed by atoms with van der Waals surface area (Å²) in [7, 11) is 0. The number of carbonyl (C=O) groups excluding carboxylic acids is 2. The van der Waals surface area contributed by atoms with Crippen LogP contribution in [-0.4, -0.2) is 34.7 Å². The van der Waals surface area contributed by atoms with E-state index in [1.54, 1.807) is 19.9 Å². The summed E-state index contributed by atoms with van der Waals surface area (Å²) in [5, 5.41) is 9.17. The highest BCUT2D eigenvalue weighted by atomic mass is 19.4. The van der Waals surface area contributed by atoms with Crippen LogP contribution in [0.4, 0.5) is 13.2 Å². The topological polar surface area (TPSA) is 74.1 Å². The third-order valence-corrected chi connectivity index (χ3v) is 4.83. The lowest BCUT2D eigenvalue weighted by atomic mass is 9.61. The number of halogens is 3. The van der Waals surface area contributed by atoms with Crippen molar-refractivity contribution in [2.45, 2.75) is 26.4 Å². The molecule has 0 unspecified atom stereocenters. The normalized spacial score (nSPS) is 21.0. The lowest BCUT2D eigenvalue weighted by Crippen LogP contribution is -2.61. The molecule has 0 atom stereocenters. The van der Waals surface area contributed by atoms with Crippen molar-refractivity contribution in [3.8, 4) is 6.07 Å². The maximum atomic E-state index is 12.6. The number of allylic oxidation sites excluding steroid dienone is 1. The van der Waals surface area contributed by atoms with Crippen molar-refractivity contribution in [1.29, 1.82) is 5.26 Å². The Morgan fingerprint density at radius 1 is 1.31 bits per heavy atom. The van der Waals surface area contributed by atoms with Crippen LogP contribution in [0, 0.1) is 22.2 Å². The number of aromatic nitrogens is 1. The first-order chi connectivity index (χ1) is 12.0. The standard InChI is InChI=1S/C18H16F3N3O2/c1-16(2)8-17(5-11(6-22)14(16)25)9-24(10-17)15(26)13-4-3-12(7-23-13)18(19,20)21/h3-5,7H,8-10H2,1-2H3. The first-order valence-electron chi connectivity index (χ1n) is 7.98. The average molecular weight is 363 g/mol. The third-order valence-electron chi connectivity index (χ3n) is 4.83. The molecular weight excluding hydrogens is 347 g/mol. The van der Waals surface area contributed by atoms with Gasteiger partial charge in [-0.1, -0.05) is 19.9 Å². The predicted octanol–water partition coefficient (Wildman–Crippen LogP) is 2.99. The van der Waals surface area contributed by atoms with Gasteiger partial charge in [0.2, 0.25) is 0 Å². The van der Waals surface area contributed by atoms with Crippen LogP contribution in [0.3, 0.4) is 0 Å². The van der Waals surface area contributed by atoms with E-state index in [-0.39, 0.29) is 17.1 Å². The molecule has 136 valence electrons. The van der Waals surface area contributed by atoms with E-state index >= 15 is 0 Å². The van der Waals surface area contributed by atoms with Gasteiger partial charge in [-0.15, -0.1) is 0 Å². The zero-order valence-electron chi connectivity index (χ0n) is 14.2. The van der Waals surface area contributed by atoms with Crippen LogP contribution in [0.5, 0.6) is 0 Å². The highest BCUT2D eigenvalue weighted by Crippen LogP contribution is 2.48. The van der Waals surface area contributed by atoms with Crippen LogP contribution >= 0.6 is 0 Å². The van der Waals surface area contributed by atoms with Crippen molar-refractivity contribution in [2.75, 3.05) is 13.1 Å². The molecule has 1 aliphatic heterocycles. The molecule has 0 N–H and O–H groups in total. The number of Topliss-reactive ketones (excluding diaryl/α,β-unsaturated/α-hetero) is 1. The second-order valence-electron chi connectivity index (χ2n) is 7.51. The minimum Gasteiger partial charge on any atom is -0.335 e. The number of rotatable bonds is 1. The Hall–Kier alpha value is -2.69. The van der Waals surface area contributed by atoms with Gasteiger partial charge in [0.15, 0.2) is 5.78 Å². The second-order valence-corrected chi connectivity index (χ2v) is 7.51. The van der Waals surface area contributed by atoms with Crippen molar-refractivity contribution < 1.29 is 22.8 Å². The Labute approximate surface area is 148 Å². The van der Waals surface area contributed by atoms with Gasteiger partial charge in [-0.25, -0.2) is 0 Å². The molecule has 0 aromatic carbocycles. The molecule has 3 rings (SSSR count). The number of likely N-dealkylation sites (tertiary alicyclic amines) is 1. The average Bonchev–Trinajstić information content (AvgIpc) is 2.53. The highest BCUT2D eigenvalue weighted by molar-refractivity contribution is 6.04. The van der Waals surface area contributed by atoms with Crippen molar-refractivity contribution in [3.63, 3.8) is 0 Å². The Morgan fingerprint density at radius 3 is 2.46 bits per heavy atom. The Balaban J connectivity index is 1.75. The molecule has 0 bridgehead atoms. The minimum atomic E-state index is -4.51. The van der Waals surface area contributed by atoms with E-state index in [0.29, 0.717) is 25.7 Å². The number of carbonyl (C=O) groups is 2. The molecule has 1 amide bonds. The molecule has 1 aromatic heterocycles. The summed E-state index contributed by atoms with van der Waals surface area (Å²) in [4.78, 5) is 29.7. The van der Waals surface area contributed by atoms with E-state index in [4.69, 9.17) is 5.26 Å². The molecule has 0 saturated carbocycles. The van der Waals surface area contributed by atoms with Gasteiger partial charge >= 0.3 is 6.18 Å². The van der Waals surface area contributed by atoms with Crippen LogP contribution in [0.25, 0.3) is 0 Å². The van der Waals surface area contributed by atoms with Crippen molar-refractivity contribution in [2.24, 2.45) is 10.8 Å². The van der Waals surface area contributed by atoms with E-state index < -0.39 is 28.5 Å². The van der Waals surface area contributed by atoms with Gasteiger partial charge < -0.3 is 4.90 Å². The minimum absolute atomic E-state index is 0.0662. The van der Waals surface area contributed by atoms with E-state index in [1.807, 2.05) is 6.07 Å². The lowest BCUT2D eigenvalue weighted by Gasteiger charge is -2.53. The van der Waals surface area contributed by atoms with Gasteiger partial charge in [0, 0.05) is 30.1 Å². The van der Waals surface area contributed by atoms with Gasteiger partial charge in [-0.05, 0) is 18.6 Å². The first-order valence-corrected chi connectivity index (χ1v) is 7.98. The number of alkyl halides is 3. The molecule has 5 nitrogen and oxygen atoms in total. The molecular formula is C18H16F3N3O2. The van der Waals surface area contributed by atoms with Crippen LogP contribution < -0.4 is 0 Å². The number of hydrogen-bond donors (Lipinski definition) is 0. The fourth-order valence-corrected chi connectivity index (χ4v) is 3.74. The molecule has 0 radical (unpaired) electrons. The van der Waals surface area contributed by atoms with E-state index in [9.17, 15) is 22.8 Å². The Bertz CT molecular complexity index is 842. The predicted molar refractivity (Wildman–Crippen MR) is 84.7 cm³/mol. The molecule has 1 spiro atoms. The molecule has 8 heteroatoms. The van der Waals surface area contributed by atoms with Crippen LogP contribution in [0.15, 0.2) is 30.0 Å². The molecule has 1 saturated heterocycles. The largest absolute Gasteiger partial charge is 0.417 e. The fourth-order valence-electron chi connectivity index (χ4n) is 3.74. The maximum absolute atomic E-state index is 12.6. The molecule has 1 aromatic rings. The first kappa shape index (κ1) is 18.1. The summed E-state index contributed by atoms with van der Waals surface area (Å²) in [5.74, 6) is -0.675. The summed E-state index contributed by atoms with van der Waals surface area (Å²) in [5.41, 5.74) is -2.03. The molecule has 1 aliphatic carbocycles. The third kappa shape index (κ3) is 2.98. The summed E-state index contributed by atoms with van der Waals surface area (Å²) in [6, 6.07) is 3.80. The SMILES string of the molecule is CC1(C)CC2(C=C(C#N)C1=O)CN(C(=O)c1ccc(C(F)(F)F)cn1)C2. The van der Waals surface area contributed by atoms with E-state index in [1.165, 1.54) is 4.90 Å².